The van der Waals surface area contributed by atoms with Crippen LogP contribution in [0.5, 0.6) is 0 Å². The number of Topliss-reactive ketones (excluding diaryl/α,β-unsaturated/α-hetero) is 1. The molecule has 2 unspecified atom stereocenters. The molecule has 1 aromatic carbocycles. The van der Waals surface area contributed by atoms with E-state index >= 15 is 0 Å². The maximum atomic E-state index is 12.4. The Morgan fingerprint density at radius 1 is 1.12 bits per heavy atom. The van der Waals surface area contributed by atoms with Crippen molar-refractivity contribution in [1.29, 1.82) is 0 Å². The first kappa shape index (κ1) is 17.2. The Balaban J connectivity index is 1.50. The Bertz CT molecular complexity index is 612. The fraction of sp³-hybridized carbons (Fsp3) is 0.600. The van der Waals surface area contributed by atoms with Crippen LogP contribution in [0.1, 0.15) is 66.9 Å². The molecule has 130 valence electrons. The molecule has 1 amide bonds. The predicted molar refractivity (Wildman–Crippen MR) is 95.3 cm³/mol. The molecule has 2 N–H and O–H groups in total. The molecule has 1 heterocycles. The monoisotopic (exact) mass is 328 g/mol. The van der Waals surface area contributed by atoms with Crippen LogP contribution in [0.4, 0.5) is 0 Å². The van der Waals surface area contributed by atoms with E-state index in [1.165, 1.54) is 24.0 Å². The van der Waals surface area contributed by atoms with E-state index in [1.807, 2.05) is 12.1 Å². The van der Waals surface area contributed by atoms with Gasteiger partial charge in [-0.05, 0) is 69.2 Å². The van der Waals surface area contributed by atoms with Gasteiger partial charge in [-0.3, -0.25) is 9.59 Å². The van der Waals surface area contributed by atoms with Crippen molar-refractivity contribution in [3.05, 3.63) is 34.9 Å². The third kappa shape index (κ3) is 4.23. The van der Waals surface area contributed by atoms with Gasteiger partial charge < -0.3 is 10.6 Å². The first-order valence-electron chi connectivity index (χ1n) is 9.31. The standard InChI is InChI=1S/C20H28N2O2/c1-14-18(7-4-12-21-14)22-20(24)11-10-19(23)17-9-8-15-5-2-3-6-16(15)13-17/h8-9,13-14,18,21H,2-7,10-12H2,1H3,(H,22,24). The second kappa shape index (κ2) is 7.93. The summed E-state index contributed by atoms with van der Waals surface area (Å²) in [4.78, 5) is 24.5. The number of hydrogen-bond donors (Lipinski definition) is 2. The van der Waals surface area contributed by atoms with Crippen molar-refractivity contribution in [3.63, 3.8) is 0 Å². The largest absolute Gasteiger partial charge is 0.352 e. The lowest BCUT2D eigenvalue weighted by Crippen LogP contribution is -2.51. The molecule has 1 aliphatic heterocycles. The van der Waals surface area contributed by atoms with Crippen molar-refractivity contribution in [3.8, 4) is 0 Å². The molecule has 4 heteroatoms. The fourth-order valence-corrected chi connectivity index (χ4v) is 3.80. The minimum absolute atomic E-state index is 0.0122. The summed E-state index contributed by atoms with van der Waals surface area (Å²) in [6.45, 7) is 3.12. The molecule has 0 radical (unpaired) electrons. The summed E-state index contributed by atoms with van der Waals surface area (Å²) in [6.07, 6.45) is 7.32. The summed E-state index contributed by atoms with van der Waals surface area (Å²) in [5.41, 5.74) is 3.46. The van der Waals surface area contributed by atoms with Gasteiger partial charge in [0.25, 0.3) is 0 Å². The number of fused-ring (bicyclic) bond motifs is 1. The molecule has 2 atom stereocenters. The Morgan fingerprint density at radius 3 is 2.71 bits per heavy atom. The van der Waals surface area contributed by atoms with Crippen molar-refractivity contribution in [1.82, 2.24) is 10.6 Å². The second-order valence-electron chi connectivity index (χ2n) is 7.17. The van der Waals surface area contributed by atoms with Crippen LogP contribution in [0.15, 0.2) is 18.2 Å². The number of carbonyl (C=O) groups excluding carboxylic acids is 2. The van der Waals surface area contributed by atoms with Gasteiger partial charge in [0.15, 0.2) is 5.78 Å². The second-order valence-corrected chi connectivity index (χ2v) is 7.17. The summed E-state index contributed by atoms with van der Waals surface area (Å²) < 4.78 is 0. The number of hydrogen-bond acceptors (Lipinski definition) is 3. The zero-order valence-electron chi connectivity index (χ0n) is 14.6. The number of ketones is 1. The van der Waals surface area contributed by atoms with Crippen LogP contribution in [-0.2, 0) is 17.6 Å². The molecular weight excluding hydrogens is 300 g/mol. The third-order valence-corrected chi connectivity index (χ3v) is 5.36. The molecule has 3 rings (SSSR count). The van der Waals surface area contributed by atoms with E-state index in [2.05, 4.69) is 23.6 Å². The molecule has 0 spiro atoms. The van der Waals surface area contributed by atoms with Crippen LogP contribution in [0.25, 0.3) is 0 Å². The average molecular weight is 328 g/mol. The first-order valence-corrected chi connectivity index (χ1v) is 9.31. The van der Waals surface area contributed by atoms with Crippen LogP contribution >= 0.6 is 0 Å². The Kier molecular flexibility index (Phi) is 5.67. The van der Waals surface area contributed by atoms with Crippen molar-refractivity contribution in [2.45, 2.75) is 70.4 Å². The van der Waals surface area contributed by atoms with Gasteiger partial charge in [0.2, 0.25) is 5.91 Å². The Morgan fingerprint density at radius 2 is 1.92 bits per heavy atom. The summed E-state index contributed by atoms with van der Waals surface area (Å²) >= 11 is 0. The summed E-state index contributed by atoms with van der Waals surface area (Å²) in [5, 5.41) is 6.45. The van der Waals surface area contributed by atoms with Crippen LogP contribution in [-0.4, -0.2) is 30.3 Å². The number of piperidine rings is 1. The van der Waals surface area contributed by atoms with E-state index in [0.29, 0.717) is 12.5 Å². The fourth-order valence-electron chi connectivity index (χ4n) is 3.80. The molecule has 1 saturated heterocycles. The quantitative estimate of drug-likeness (QED) is 0.817. The summed E-state index contributed by atoms with van der Waals surface area (Å²) in [5.74, 6) is 0.0650. The van der Waals surface area contributed by atoms with Crippen LogP contribution < -0.4 is 10.6 Å². The van der Waals surface area contributed by atoms with Crippen molar-refractivity contribution >= 4 is 11.7 Å². The number of amides is 1. The van der Waals surface area contributed by atoms with Gasteiger partial charge in [0, 0.05) is 30.5 Å². The van der Waals surface area contributed by atoms with E-state index in [1.54, 1.807) is 0 Å². The minimum atomic E-state index is -0.0122. The highest BCUT2D eigenvalue weighted by molar-refractivity contribution is 5.98. The average Bonchev–Trinajstić information content (AvgIpc) is 2.61. The molecule has 1 aromatic rings. The Labute approximate surface area is 144 Å². The highest BCUT2D eigenvalue weighted by Gasteiger charge is 2.22. The maximum absolute atomic E-state index is 12.4. The van der Waals surface area contributed by atoms with Crippen molar-refractivity contribution in [2.75, 3.05) is 6.54 Å². The van der Waals surface area contributed by atoms with Gasteiger partial charge in [0.1, 0.15) is 0 Å². The highest BCUT2D eigenvalue weighted by atomic mass is 16.2. The van der Waals surface area contributed by atoms with Gasteiger partial charge in [-0.2, -0.15) is 0 Å². The molecule has 0 aromatic heterocycles. The zero-order chi connectivity index (χ0) is 16.9. The molecule has 0 saturated carbocycles. The molecule has 24 heavy (non-hydrogen) atoms. The molecule has 0 bridgehead atoms. The number of benzene rings is 1. The minimum Gasteiger partial charge on any atom is -0.352 e. The molecular formula is C20H28N2O2. The number of rotatable bonds is 5. The molecule has 1 aliphatic carbocycles. The number of aryl methyl sites for hydroxylation is 2. The van der Waals surface area contributed by atoms with Crippen LogP contribution in [0.2, 0.25) is 0 Å². The highest BCUT2D eigenvalue weighted by Crippen LogP contribution is 2.23. The smallest absolute Gasteiger partial charge is 0.220 e. The van der Waals surface area contributed by atoms with Gasteiger partial charge in [-0.15, -0.1) is 0 Å². The third-order valence-electron chi connectivity index (χ3n) is 5.36. The summed E-state index contributed by atoms with van der Waals surface area (Å²) in [7, 11) is 0. The molecule has 1 fully saturated rings. The lowest BCUT2D eigenvalue weighted by Gasteiger charge is -2.30. The Hall–Kier alpha value is -1.68. The van der Waals surface area contributed by atoms with Crippen molar-refractivity contribution < 1.29 is 9.59 Å². The molecule has 4 nitrogen and oxygen atoms in total. The van der Waals surface area contributed by atoms with Crippen molar-refractivity contribution in [2.24, 2.45) is 0 Å². The topological polar surface area (TPSA) is 58.2 Å². The van der Waals surface area contributed by atoms with E-state index in [0.717, 1.165) is 37.8 Å². The van der Waals surface area contributed by atoms with E-state index in [4.69, 9.17) is 0 Å². The van der Waals surface area contributed by atoms with Crippen LogP contribution in [0, 0.1) is 0 Å². The van der Waals surface area contributed by atoms with E-state index < -0.39 is 0 Å². The first-order chi connectivity index (χ1) is 11.6. The number of nitrogens with one attached hydrogen (secondary N) is 2. The van der Waals surface area contributed by atoms with Gasteiger partial charge in [0.05, 0.1) is 0 Å². The lowest BCUT2D eigenvalue weighted by atomic mass is 9.89. The summed E-state index contributed by atoms with van der Waals surface area (Å²) in [6, 6.07) is 6.56. The molecule has 2 aliphatic rings. The van der Waals surface area contributed by atoms with Gasteiger partial charge in [-0.25, -0.2) is 0 Å². The SMILES string of the molecule is CC1NCCCC1NC(=O)CCC(=O)c1ccc2c(c1)CCCC2. The lowest BCUT2D eigenvalue weighted by molar-refractivity contribution is -0.122. The zero-order valence-corrected chi connectivity index (χ0v) is 14.6. The van der Waals surface area contributed by atoms with E-state index in [-0.39, 0.29) is 24.2 Å². The van der Waals surface area contributed by atoms with Crippen LogP contribution in [0.3, 0.4) is 0 Å². The predicted octanol–water partition coefficient (Wildman–Crippen LogP) is 2.79. The van der Waals surface area contributed by atoms with E-state index in [9.17, 15) is 9.59 Å². The number of carbonyl (C=O) groups is 2. The van der Waals surface area contributed by atoms with Gasteiger partial charge in [-0.1, -0.05) is 12.1 Å². The maximum Gasteiger partial charge on any atom is 0.220 e. The normalized spacial score (nSPS) is 23.4. The van der Waals surface area contributed by atoms with Gasteiger partial charge >= 0.3 is 0 Å².